The molecule has 13 heteroatoms. The first-order valence-corrected chi connectivity index (χ1v) is 15.7. The fourth-order valence-electron chi connectivity index (χ4n) is 5.57. The van der Waals surface area contributed by atoms with Crippen LogP contribution in [0, 0.1) is 0 Å². The quantitative estimate of drug-likeness (QED) is 0.177. The van der Waals surface area contributed by atoms with E-state index in [1.165, 1.54) is 0 Å². The summed E-state index contributed by atoms with van der Waals surface area (Å²) in [7, 11) is -4.00. The summed E-state index contributed by atoms with van der Waals surface area (Å²) in [5.41, 5.74) is -3.23. The zero-order valence-corrected chi connectivity index (χ0v) is 24.8. The van der Waals surface area contributed by atoms with E-state index in [0.29, 0.717) is 24.6 Å². The molecule has 0 amide bonds. The highest BCUT2D eigenvalue weighted by atomic mass is 32.2. The largest absolute Gasteiger partial charge is 0.534 e. The SMILES string of the molecule is CN1CCCC1COc1nc2c(c(OS(=O)(=O)C(F)(F)F)n1)CCN(c1cc(OCc3ccccc3)cc3ccccc13)C2. The highest BCUT2D eigenvalue weighted by Crippen LogP contribution is 2.38. The molecule has 4 aromatic rings. The summed E-state index contributed by atoms with van der Waals surface area (Å²) in [5, 5.41) is 1.90. The van der Waals surface area contributed by atoms with Crippen LogP contribution in [-0.2, 0) is 29.7 Å². The first-order valence-electron chi connectivity index (χ1n) is 14.3. The van der Waals surface area contributed by atoms with Crippen molar-refractivity contribution in [1.82, 2.24) is 14.9 Å². The Balaban J connectivity index is 1.33. The zero-order chi connectivity index (χ0) is 30.9. The summed E-state index contributed by atoms with van der Waals surface area (Å²) in [4.78, 5) is 12.7. The van der Waals surface area contributed by atoms with Gasteiger partial charge in [-0.3, -0.25) is 0 Å². The van der Waals surface area contributed by atoms with Gasteiger partial charge >= 0.3 is 21.6 Å². The molecule has 2 aliphatic heterocycles. The third-order valence-corrected chi connectivity index (χ3v) is 8.90. The first-order chi connectivity index (χ1) is 21.1. The van der Waals surface area contributed by atoms with Gasteiger partial charge in [-0.15, -0.1) is 0 Å². The molecule has 6 rings (SSSR count). The van der Waals surface area contributed by atoms with Crippen molar-refractivity contribution in [3.63, 3.8) is 0 Å². The maximum Gasteiger partial charge on any atom is 0.534 e. The molecule has 3 heterocycles. The Morgan fingerprint density at radius 1 is 0.977 bits per heavy atom. The third-order valence-electron chi connectivity index (χ3n) is 7.96. The number of halogens is 3. The van der Waals surface area contributed by atoms with E-state index in [4.69, 9.17) is 9.47 Å². The Morgan fingerprint density at radius 3 is 2.50 bits per heavy atom. The van der Waals surface area contributed by atoms with E-state index in [0.717, 1.165) is 41.4 Å². The molecule has 0 bridgehead atoms. The molecule has 0 aliphatic carbocycles. The van der Waals surface area contributed by atoms with Crippen LogP contribution >= 0.6 is 0 Å². The molecule has 232 valence electrons. The molecular formula is C31H31F3N4O5S. The fraction of sp³-hybridized carbons (Fsp3) is 0.355. The van der Waals surface area contributed by atoms with Gasteiger partial charge in [0, 0.05) is 35.3 Å². The van der Waals surface area contributed by atoms with Crippen LogP contribution in [0.5, 0.6) is 17.6 Å². The van der Waals surface area contributed by atoms with E-state index in [1.54, 1.807) is 0 Å². The van der Waals surface area contributed by atoms with Crippen LogP contribution in [0.2, 0.25) is 0 Å². The van der Waals surface area contributed by atoms with Gasteiger partial charge in [0.15, 0.2) is 0 Å². The van der Waals surface area contributed by atoms with Gasteiger partial charge in [0.1, 0.15) is 19.0 Å². The summed E-state index contributed by atoms with van der Waals surface area (Å²) in [6, 6.07) is 21.3. The smallest absolute Gasteiger partial charge is 0.489 e. The van der Waals surface area contributed by atoms with Crippen molar-refractivity contribution < 1.29 is 35.2 Å². The molecule has 0 radical (unpaired) electrons. The number of likely N-dealkylation sites (tertiary alicyclic amines) is 1. The lowest BCUT2D eigenvalue weighted by molar-refractivity contribution is -0.0502. The van der Waals surface area contributed by atoms with Gasteiger partial charge in [-0.1, -0.05) is 54.6 Å². The van der Waals surface area contributed by atoms with E-state index in [2.05, 4.69) is 19.1 Å². The Bertz CT molecular complexity index is 1760. The van der Waals surface area contributed by atoms with Gasteiger partial charge in [0.25, 0.3) is 0 Å². The number of ether oxygens (including phenoxy) is 2. The lowest BCUT2D eigenvalue weighted by Gasteiger charge is -2.32. The van der Waals surface area contributed by atoms with Crippen molar-refractivity contribution in [2.24, 2.45) is 0 Å². The average Bonchev–Trinajstić information content (AvgIpc) is 3.42. The minimum atomic E-state index is -5.95. The van der Waals surface area contributed by atoms with Gasteiger partial charge in [0.05, 0.1) is 12.2 Å². The lowest BCUT2D eigenvalue weighted by Crippen LogP contribution is -2.34. The topological polar surface area (TPSA) is 94.1 Å². The number of benzene rings is 3. The predicted octanol–water partition coefficient (Wildman–Crippen LogP) is 5.47. The molecule has 0 spiro atoms. The second-order valence-electron chi connectivity index (χ2n) is 10.9. The number of aromatic nitrogens is 2. The van der Waals surface area contributed by atoms with E-state index >= 15 is 0 Å². The van der Waals surface area contributed by atoms with Crippen LogP contribution in [-0.4, -0.2) is 61.6 Å². The Labute approximate surface area is 253 Å². The van der Waals surface area contributed by atoms with Crippen molar-refractivity contribution in [1.29, 1.82) is 0 Å². The number of hydrogen-bond acceptors (Lipinski definition) is 9. The summed E-state index contributed by atoms with van der Waals surface area (Å²) in [6.07, 6.45) is 2.02. The van der Waals surface area contributed by atoms with Gasteiger partial charge in [-0.25, -0.2) is 0 Å². The molecule has 1 atom stereocenters. The Kier molecular flexibility index (Phi) is 8.25. The number of anilines is 1. The fourth-order valence-corrected chi connectivity index (χ4v) is 6.01. The standard InChI is InChI=1S/C31H31F3N4O5S/c1-37-14-7-11-23(37)20-42-30-35-27-18-38(15-13-26(27)29(36-30)43-44(39,40)31(32,33)34)28-17-24(16-22-10-5-6-12-25(22)28)41-19-21-8-3-2-4-9-21/h2-6,8-10,12,16-17,23H,7,11,13-15,18-20H2,1H3. The number of likely N-dealkylation sites (N-methyl/N-ethyl adjacent to an activating group) is 1. The number of fused-ring (bicyclic) bond motifs is 2. The van der Waals surface area contributed by atoms with Gasteiger partial charge < -0.3 is 23.5 Å². The Morgan fingerprint density at radius 2 is 1.75 bits per heavy atom. The minimum absolute atomic E-state index is 0.0828. The molecule has 1 fully saturated rings. The van der Waals surface area contributed by atoms with E-state index in [-0.39, 0.29) is 37.2 Å². The van der Waals surface area contributed by atoms with Crippen molar-refractivity contribution >= 4 is 26.6 Å². The normalized spacial score (nSPS) is 17.5. The van der Waals surface area contributed by atoms with Crippen LogP contribution in [0.4, 0.5) is 18.9 Å². The minimum Gasteiger partial charge on any atom is -0.489 e. The molecular weight excluding hydrogens is 597 g/mol. The molecule has 1 aromatic heterocycles. The second kappa shape index (κ2) is 12.1. The number of hydrogen-bond donors (Lipinski definition) is 0. The molecule has 0 saturated carbocycles. The van der Waals surface area contributed by atoms with E-state index in [1.807, 2.05) is 78.7 Å². The molecule has 1 saturated heterocycles. The highest BCUT2D eigenvalue weighted by molar-refractivity contribution is 7.87. The Hall–Kier alpha value is -4.10. The molecule has 1 unspecified atom stereocenters. The molecule has 9 nitrogen and oxygen atoms in total. The predicted molar refractivity (Wildman–Crippen MR) is 158 cm³/mol. The molecule has 2 aliphatic rings. The van der Waals surface area contributed by atoms with E-state index in [9.17, 15) is 21.6 Å². The molecule has 0 N–H and O–H groups in total. The second-order valence-corrected chi connectivity index (χ2v) is 12.5. The summed E-state index contributed by atoms with van der Waals surface area (Å²) < 4.78 is 80.3. The summed E-state index contributed by atoms with van der Waals surface area (Å²) in [6.45, 7) is 1.98. The van der Waals surface area contributed by atoms with Crippen LogP contribution in [0.3, 0.4) is 0 Å². The van der Waals surface area contributed by atoms with Crippen LogP contribution in [0.1, 0.15) is 29.7 Å². The third kappa shape index (κ3) is 6.39. The summed E-state index contributed by atoms with van der Waals surface area (Å²) in [5.74, 6) is -0.00686. The number of nitrogens with zero attached hydrogens (tertiary/aromatic N) is 4. The van der Waals surface area contributed by atoms with Crippen molar-refractivity contribution in [3.05, 3.63) is 83.6 Å². The number of rotatable bonds is 9. The van der Waals surface area contributed by atoms with Crippen molar-refractivity contribution in [2.45, 2.75) is 44.0 Å². The van der Waals surface area contributed by atoms with Crippen LogP contribution in [0.15, 0.2) is 66.7 Å². The average molecular weight is 629 g/mol. The zero-order valence-electron chi connectivity index (χ0n) is 24.0. The molecule has 44 heavy (non-hydrogen) atoms. The van der Waals surface area contributed by atoms with Crippen molar-refractivity contribution in [2.75, 3.05) is 31.6 Å². The molecule has 3 aromatic carbocycles. The maximum absolute atomic E-state index is 13.3. The summed E-state index contributed by atoms with van der Waals surface area (Å²) >= 11 is 0. The van der Waals surface area contributed by atoms with Gasteiger partial charge in [0.2, 0.25) is 5.88 Å². The van der Waals surface area contributed by atoms with Crippen LogP contribution in [0.25, 0.3) is 10.8 Å². The van der Waals surface area contributed by atoms with Gasteiger partial charge in [-0.2, -0.15) is 31.6 Å². The lowest BCUT2D eigenvalue weighted by atomic mass is 10.0. The monoisotopic (exact) mass is 628 g/mol. The van der Waals surface area contributed by atoms with Crippen LogP contribution < -0.4 is 18.6 Å². The van der Waals surface area contributed by atoms with Gasteiger partial charge in [-0.05, 0) is 49.9 Å². The number of alkyl halides is 3. The van der Waals surface area contributed by atoms with E-state index < -0.39 is 21.5 Å². The maximum atomic E-state index is 13.3. The highest BCUT2D eigenvalue weighted by Gasteiger charge is 2.49. The first kappa shape index (κ1) is 29.9. The van der Waals surface area contributed by atoms with Crippen molar-refractivity contribution in [3.8, 4) is 17.6 Å².